The summed E-state index contributed by atoms with van der Waals surface area (Å²) in [4.78, 5) is 8.41. The van der Waals surface area contributed by atoms with Gasteiger partial charge in [0.1, 0.15) is 11.6 Å². The molecule has 19 heavy (non-hydrogen) atoms. The van der Waals surface area contributed by atoms with Crippen molar-refractivity contribution in [2.75, 3.05) is 5.73 Å². The van der Waals surface area contributed by atoms with Gasteiger partial charge in [0.15, 0.2) is 0 Å². The highest BCUT2D eigenvalue weighted by molar-refractivity contribution is 5.54. The first kappa shape index (κ1) is 11.5. The van der Waals surface area contributed by atoms with Crippen LogP contribution in [0.1, 0.15) is 11.1 Å². The number of aromatic nitrogens is 3. The molecule has 0 fully saturated rings. The van der Waals surface area contributed by atoms with Gasteiger partial charge in [-0.2, -0.15) is 4.98 Å². The van der Waals surface area contributed by atoms with Crippen LogP contribution in [0, 0.1) is 13.8 Å². The first-order valence-electron chi connectivity index (χ1n) is 5.98. The Kier molecular flexibility index (Phi) is 2.59. The molecule has 1 aromatic carbocycles. The third-order valence-corrected chi connectivity index (χ3v) is 3.05. The molecule has 5 heteroatoms. The maximum Gasteiger partial charge on any atom is 0.265 e. The van der Waals surface area contributed by atoms with Crippen LogP contribution in [0.5, 0.6) is 11.6 Å². The fourth-order valence-electron chi connectivity index (χ4n) is 1.88. The fraction of sp³-hybridized carbons (Fsp3) is 0.143. The van der Waals surface area contributed by atoms with E-state index in [4.69, 9.17) is 10.5 Å². The smallest absolute Gasteiger partial charge is 0.265 e. The van der Waals surface area contributed by atoms with Gasteiger partial charge in [-0.1, -0.05) is 6.07 Å². The summed E-state index contributed by atoms with van der Waals surface area (Å²) >= 11 is 0. The largest absolute Gasteiger partial charge is 0.436 e. The van der Waals surface area contributed by atoms with Crippen LogP contribution < -0.4 is 10.5 Å². The number of benzene rings is 1. The second-order valence-electron chi connectivity index (χ2n) is 4.48. The molecule has 0 amide bonds. The zero-order chi connectivity index (χ0) is 13.4. The van der Waals surface area contributed by atoms with Gasteiger partial charge in [0.25, 0.3) is 5.88 Å². The number of hydrogen-bond acceptors (Lipinski definition) is 4. The van der Waals surface area contributed by atoms with Gasteiger partial charge in [0.05, 0.1) is 6.20 Å². The van der Waals surface area contributed by atoms with Crippen molar-refractivity contribution in [1.29, 1.82) is 0 Å². The Labute approximate surface area is 110 Å². The molecule has 0 spiro atoms. The van der Waals surface area contributed by atoms with Crippen LogP contribution in [0.2, 0.25) is 0 Å². The standard InChI is InChI=1S/C14H14N4O/c1-9-3-4-11(7-10(9)2)19-14-13-16-5-6-18(13)8-12(15)17-14/h3-8H,15H2,1-2H3. The Morgan fingerprint density at radius 2 is 2.05 bits per heavy atom. The summed E-state index contributed by atoms with van der Waals surface area (Å²) < 4.78 is 7.58. The summed E-state index contributed by atoms with van der Waals surface area (Å²) in [5.74, 6) is 1.53. The monoisotopic (exact) mass is 254 g/mol. The number of aryl methyl sites for hydroxylation is 2. The maximum atomic E-state index is 5.79. The lowest BCUT2D eigenvalue weighted by molar-refractivity contribution is 0.465. The van der Waals surface area contributed by atoms with Gasteiger partial charge in [-0.15, -0.1) is 0 Å². The molecule has 96 valence electrons. The van der Waals surface area contributed by atoms with E-state index in [9.17, 15) is 0 Å². The van der Waals surface area contributed by atoms with Crippen molar-refractivity contribution in [1.82, 2.24) is 14.4 Å². The lowest BCUT2D eigenvalue weighted by Gasteiger charge is -2.08. The molecule has 2 heterocycles. The van der Waals surface area contributed by atoms with Crippen LogP contribution in [0.25, 0.3) is 5.65 Å². The Bertz CT molecular complexity index is 748. The molecule has 0 aliphatic rings. The molecule has 0 bridgehead atoms. The number of nitrogens with two attached hydrogens (primary N) is 1. The summed E-state index contributed by atoms with van der Waals surface area (Å²) in [7, 11) is 0. The normalized spacial score (nSPS) is 10.8. The molecule has 0 unspecified atom stereocenters. The summed E-state index contributed by atoms with van der Waals surface area (Å²) in [5.41, 5.74) is 8.79. The second kappa shape index (κ2) is 4.28. The molecule has 3 aromatic rings. The van der Waals surface area contributed by atoms with Crippen LogP contribution in [-0.2, 0) is 0 Å². The van der Waals surface area contributed by atoms with Crippen LogP contribution in [-0.4, -0.2) is 14.4 Å². The van der Waals surface area contributed by atoms with E-state index in [1.165, 1.54) is 11.1 Å². The highest BCUT2D eigenvalue weighted by Crippen LogP contribution is 2.25. The predicted molar refractivity (Wildman–Crippen MR) is 73.4 cm³/mol. The first-order chi connectivity index (χ1) is 9.13. The molecule has 2 aromatic heterocycles. The predicted octanol–water partition coefficient (Wildman–Crippen LogP) is 2.72. The summed E-state index contributed by atoms with van der Waals surface area (Å²) in [6.45, 7) is 4.10. The zero-order valence-electron chi connectivity index (χ0n) is 10.8. The van der Waals surface area contributed by atoms with E-state index >= 15 is 0 Å². The fourth-order valence-corrected chi connectivity index (χ4v) is 1.88. The summed E-state index contributed by atoms with van der Waals surface area (Å²) in [6, 6.07) is 5.89. The van der Waals surface area contributed by atoms with Crippen molar-refractivity contribution in [2.24, 2.45) is 0 Å². The zero-order valence-corrected chi connectivity index (χ0v) is 10.8. The average Bonchev–Trinajstić information content (AvgIpc) is 2.82. The van der Waals surface area contributed by atoms with Gasteiger partial charge in [-0.05, 0) is 37.1 Å². The lowest BCUT2D eigenvalue weighted by Crippen LogP contribution is -1.99. The van der Waals surface area contributed by atoms with Crippen LogP contribution >= 0.6 is 0 Å². The van der Waals surface area contributed by atoms with Gasteiger partial charge in [0.2, 0.25) is 5.65 Å². The number of ether oxygens (including phenoxy) is 1. The van der Waals surface area contributed by atoms with Crippen LogP contribution in [0.4, 0.5) is 5.82 Å². The number of imidazole rings is 1. The maximum absolute atomic E-state index is 5.79. The molecule has 0 aliphatic carbocycles. The van der Waals surface area contributed by atoms with Crippen molar-refractivity contribution in [2.45, 2.75) is 13.8 Å². The number of nitrogens with zero attached hydrogens (tertiary/aromatic N) is 3. The molecular formula is C14H14N4O. The third kappa shape index (κ3) is 2.10. The molecule has 2 N–H and O–H groups in total. The number of rotatable bonds is 2. The van der Waals surface area contributed by atoms with E-state index in [-0.39, 0.29) is 0 Å². The van der Waals surface area contributed by atoms with Gasteiger partial charge in [0, 0.05) is 12.4 Å². The van der Waals surface area contributed by atoms with E-state index in [0.29, 0.717) is 17.3 Å². The van der Waals surface area contributed by atoms with Crippen molar-refractivity contribution in [3.8, 4) is 11.6 Å². The Hall–Kier alpha value is -2.56. The van der Waals surface area contributed by atoms with E-state index in [1.54, 1.807) is 23.0 Å². The lowest BCUT2D eigenvalue weighted by atomic mass is 10.1. The Morgan fingerprint density at radius 3 is 2.84 bits per heavy atom. The van der Waals surface area contributed by atoms with Crippen molar-refractivity contribution in [3.05, 3.63) is 47.9 Å². The number of anilines is 1. The van der Waals surface area contributed by atoms with Crippen LogP contribution in [0.3, 0.4) is 0 Å². The van der Waals surface area contributed by atoms with E-state index < -0.39 is 0 Å². The molecule has 0 saturated carbocycles. The molecule has 0 radical (unpaired) electrons. The van der Waals surface area contributed by atoms with Gasteiger partial charge in [-0.25, -0.2) is 4.98 Å². The Balaban J connectivity index is 2.04. The van der Waals surface area contributed by atoms with Gasteiger partial charge < -0.3 is 10.5 Å². The second-order valence-corrected chi connectivity index (χ2v) is 4.48. The van der Waals surface area contributed by atoms with E-state index in [0.717, 1.165) is 5.75 Å². The summed E-state index contributed by atoms with van der Waals surface area (Å²) in [6.07, 6.45) is 5.19. The summed E-state index contributed by atoms with van der Waals surface area (Å²) in [5, 5.41) is 0. The number of nitrogen functional groups attached to an aromatic ring is 1. The SMILES string of the molecule is Cc1ccc(Oc2nc(N)cn3ccnc23)cc1C. The van der Waals surface area contributed by atoms with Gasteiger partial charge >= 0.3 is 0 Å². The minimum Gasteiger partial charge on any atom is -0.436 e. The molecule has 0 saturated heterocycles. The van der Waals surface area contributed by atoms with Crippen molar-refractivity contribution < 1.29 is 4.74 Å². The van der Waals surface area contributed by atoms with Crippen molar-refractivity contribution in [3.63, 3.8) is 0 Å². The molecule has 0 aliphatic heterocycles. The average molecular weight is 254 g/mol. The molecule has 3 rings (SSSR count). The third-order valence-electron chi connectivity index (χ3n) is 3.05. The van der Waals surface area contributed by atoms with Crippen LogP contribution in [0.15, 0.2) is 36.8 Å². The Morgan fingerprint density at radius 1 is 1.21 bits per heavy atom. The quantitative estimate of drug-likeness (QED) is 0.763. The van der Waals surface area contributed by atoms with E-state index in [2.05, 4.69) is 16.9 Å². The number of hydrogen-bond donors (Lipinski definition) is 1. The minimum atomic E-state index is 0.393. The molecule has 5 nitrogen and oxygen atoms in total. The van der Waals surface area contributed by atoms with Crippen molar-refractivity contribution >= 4 is 11.5 Å². The highest BCUT2D eigenvalue weighted by atomic mass is 16.5. The minimum absolute atomic E-state index is 0.393. The van der Waals surface area contributed by atoms with Gasteiger partial charge in [-0.3, -0.25) is 4.40 Å². The topological polar surface area (TPSA) is 65.4 Å². The first-order valence-corrected chi connectivity index (χ1v) is 5.98. The molecule has 0 atom stereocenters. The number of fused-ring (bicyclic) bond motifs is 1. The highest BCUT2D eigenvalue weighted by Gasteiger charge is 2.09. The molecular weight excluding hydrogens is 240 g/mol. The van der Waals surface area contributed by atoms with E-state index in [1.807, 2.05) is 25.1 Å².